The summed E-state index contributed by atoms with van der Waals surface area (Å²) in [6.07, 6.45) is 0. The van der Waals surface area contributed by atoms with E-state index in [4.69, 9.17) is 4.74 Å². The van der Waals surface area contributed by atoms with Crippen LogP contribution in [0, 0.1) is 13.8 Å². The van der Waals surface area contributed by atoms with Crippen molar-refractivity contribution in [2.75, 3.05) is 7.11 Å². The standard InChI is InChI=1S/C19H18O6/c1-8-5-6-10-15(16(8)21)17(22)13-9(2)14(18(23)24)12(20)7-11(13)19(10,3)25-4/h5-7,20-21H,1-4H3,(H,23,24). The van der Waals surface area contributed by atoms with Crippen molar-refractivity contribution in [2.24, 2.45) is 0 Å². The van der Waals surface area contributed by atoms with Crippen molar-refractivity contribution in [3.05, 3.63) is 57.1 Å². The molecule has 0 bridgehead atoms. The average Bonchev–Trinajstić information content (AvgIpc) is 2.54. The Balaban J connectivity index is 2.49. The Morgan fingerprint density at radius 2 is 1.76 bits per heavy atom. The molecular formula is C19H18O6. The molecule has 2 aromatic carbocycles. The largest absolute Gasteiger partial charge is 0.507 e. The van der Waals surface area contributed by atoms with Gasteiger partial charge in [0.05, 0.1) is 5.56 Å². The highest BCUT2D eigenvalue weighted by molar-refractivity contribution is 6.17. The molecule has 130 valence electrons. The van der Waals surface area contributed by atoms with Crippen molar-refractivity contribution < 1.29 is 29.6 Å². The molecular weight excluding hydrogens is 324 g/mol. The quantitative estimate of drug-likeness (QED) is 0.775. The van der Waals surface area contributed by atoms with Crippen LogP contribution in [0.25, 0.3) is 0 Å². The highest BCUT2D eigenvalue weighted by Gasteiger charge is 2.44. The molecule has 25 heavy (non-hydrogen) atoms. The lowest BCUT2D eigenvalue weighted by Crippen LogP contribution is -2.36. The number of hydrogen-bond acceptors (Lipinski definition) is 5. The van der Waals surface area contributed by atoms with Gasteiger partial charge in [-0.15, -0.1) is 0 Å². The maximum absolute atomic E-state index is 13.1. The predicted octanol–water partition coefficient (Wildman–Crippen LogP) is 2.87. The first-order chi connectivity index (χ1) is 11.6. The van der Waals surface area contributed by atoms with Gasteiger partial charge in [0, 0.05) is 23.8 Å². The van der Waals surface area contributed by atoms with Gasteiger partial charge in [0.15, 0.2) is 5.78 Å². The summed E-state index contributed by atoms with van der Waals surface area (Å²) in [5, 5.41) is 30.0. The van der Waals surface area contributed by atoms with Crippen LogP contribution in [-0.2, 0) is 10.3 Å². The molecule has 3 N–H and O–H groups in total. The predicted molar refractivity (Wildman–Crippen MR) is 89.5 cm³/mol. The van der Waals surface area contributed by atoms with Gasteiger partial charge < -0.3 is 20.1 Å². The number of carboxylic acid groups (broad SMARTS) is 1. The van der Waals surface area contributed by atoms with E-state index in [9.17, 15) is 24.9 Å². The maximum atomic E-state index is 13.1. The van der Waals surface area contributed by atoms with E-state index in [0.717, 1.165) is 0 Å². The van der Waals surface area contributed by atoms with Gasteiger partial charge in [0.1, 0.15) is 22.7 Å². The number of phenolic OH excluding ortho intramolecular Hbond substituents is 1. The average molecular weight is 342 g/mol. The summed E-state index contributed by atoms with van der Waals surface area (Å²) in [6, 6.07) is 4.64. The Morgan fingerprint density at radius 3 is 2.32 bits per heavy atom. The first-order valence-corrected chi connectivity index (χ1v) is 7.68. The molecule has 0 aliphatic heterocycles. The van der Waals surface area contributed by atoms with Gasteiger partial charge in [-0.25, -0.2) is 4.79 Å². The monoisotopic (exact) mass is 342 g/mol. The molecule has 0 radical (unpaired) electrons. The number of aromatic hydroxyl groups is 2. The molecule has 1 aliphatic carbocycles. The number of ketones is 1. The lowest BCUT2D eigenvalue weighted by atomic mass is 9.72. The number of ether oxygens (including phenoxy) is 1. The van der Waals surface area contributed by atoms with E-state index < -0.39 is 23.1 Å². The first-order valence-electron chi connectivity index (χ1n) is 7.68. The Bertz CT molecular complexity index is 944. The molecule has 6 nitrogen and oxygen atoms in total. The first kappa shape index (κ1) is 17.0. The fourth-order valence-electron chi connectivity index (χ4n) is 3.55. The summed E-state index contributed by atoms with van der Waals surface area (Å²) in [5.41, 5.74) is 0.291. The number of phenols is 2. The van der Waals surface area contributed by atoms with Crippen molar-refractivity contribution in [3.8, 4) is 11.5 Å². The van der Waals surface area contributed by atoms with Gasteiger partial charge in [0.25, 0.3) is 0 Å². The summed E-state index contributed by atoms with van der Waals surface area (Å²) in [5.74, 6) is -2.40. The van der Waals surface area contributed by atoms with E-state index in [1.54, 1.807) is 26.0 Å². The smallest absolute Gasteiger partial charge is 0.339 e. The number of rotatable bonds is 2. The second kappa shape index (κ2) is 5.32. The molecule has 2 aromatic rings. The molecule has 0 spiro atoms. The third-order valence-corrected chi connectivity index (χ3v) is 5.04. The number of carbonyl (C=O) groups excluding carboxylic acids is 1. The van der Waals surface area contributed by atoms with Crippen LogP contribution in [-0.4, -0.2) is 34.2 Å². The van der Waals surface area contributed by atoms with Crippen molar-refractivity contribution in [1.29, 1.82) is 0 Å². The molecule has 0 fully saturated rings. The number of carbonyl (C=O) groups is 2. The van der Waals surface area contributed by atoms with Gasteiger partial charge in [-0.1, -0.05) is 12.1 Å². The van der Waals surface area contributed by atoms with E-state index in [0.29, 0.717) is 16.7 Å². The van der Waals surface area contributed by atoms with Crippen LogP contribution in [0.1, 0.15) is 55.5 Å². The number of aromatic carboxylic acids is 1. The second-order valence-electron chi connectivity index (χ2n) is 6.34. The molecule has 0 saturated heterocycles. The zero-order valence-corrected chi connectivity index (χ0v) is 14.3. The van der Waals surface area contributed by atoms with Crippen LogP contribution in [0.2, 0.25) is 0 Å². The fourth-order valence-corrected chi connectivity index (χ4v) is 3.55. The molecule has 3 rings (SSSR count). The number of carboxylic acids is 1. The van der Waals surface area contributed by atoms with Crippen molar-refractivity contribution >= 4 is 11.8 Å². The maximum Gasteiger partial charge on any atom is 0.339 e. The third-order valence-electron chi connectivity index (χ3n) is 5.04. The van der Waals surface area contributed by atoms with Gasteiger partial charge >= 0.3 is 5.97 Å². The van der Waals surface area contributed by atoms with Crippen LogP contribution in [0.15, 0.2) is 18.2 Å². The van der Waals surface area contributed by atoms with Crippen molar-refractivity contribution in [2.45, 2.75) is 26.4 Å². The molecule has 0 amide bonds. The topological polar surface area (TPSA) is 104 Å². The van der Waals surface area contributed by atoms with Gasteiger partial charge in [-0.2, -0.15) is 0 Å². The Hall–Kier alpha value is -2.86. The molecule has 1 unspecified atom stereocenters. The van der Waals surface area contributed by atoms with E-state index in [-0.39, 0.29) is 28.0 Å². The Kier molecular flexibility index (Phi) is 3.61. The Labute approximate surface area is 144 Å². The Morgan fingerprint density at radius 1 is 1.12 bits per heavy atom. The summed E-state index contributed by atoms with van der Waals surface area (Å²) < 4.78 is 5.66. The molecule has 0 heterocycles. The SMILES string of the molecule is COC1(C)c2cc(O)c(C(=O)O)c(C)c2C(=O)c2c1ccc(C)c2O. The van der Waals surface area contributed by atoms with E-state index in [1.807, 2.05) is 0 Å². The third kappa shape index (κ3) is 2.07. The number of hydrogen-bond donors (Lipinski definition) is 3. The van der Waals surface area contributed by atoms with Crippen LogP contribution in [0.4, 0.5) is 0 Å². The summed E-state index contributed by atoms with van der Waals surface area (Å²) in [7, 11) is 1.46. The van der Waals surface area contributed by atoms with Gasteiger partial charge in [-0.05, 0) is 38.0 Å². The van der Waals surface area contributed by atoms with Crippen molar-refractivity contribution in [3.63, 3.8) is 0 Å². The van der Waals surface area contributed by atoms with E-state index in [1.165, 1.54) is 20.1 Å². The lowest BCUT2D eigenvalue weighted by Gasteiger charge is -2.37. The number of aryl methyl sites for hydroxylation is 1. The molecule has 6 heteroatoms. The minimum absolute atomic E-state index is 0.0991. The van der Waals surface area contributed by atoms with Crippen molar-refractivity contribution in [1.82, 2.24) is 0 Å². The normalized spacial score (nSPS) is 18.6. The molecule has 1 aliphatic rings. The lowest BCUT2D eigenvalue weighted by molar-refractivity contribution is 0.0346. The van der Waals surface area contributed by atoms with Crippen LogP contribution in [0.3, 0.4) is 0 Å². The molecule has 0 saturated carbocycles. The van der Waals surface area contributed by atoms with Gasteiger partial charge in [-0.3, -0.25) is 4.79 Å². The van der Waals surface area contributed by atoms with Crippen LogP contribution >= 0.6 is 0 Å². The zero-order chi connectivity index (χ0) is 18.7. The minimum Gasteiger partial charge on any atom is -0.507 e. The van der Waals surface area contributed by atoms with Gasteiger partial charge in [0.2, 0.25) is 0 Å². The molecule has 1 atom stereocenters. The number of benzene rings is 2. The zero-order valence-electron chi connectivity index (χ0n) is 14.3. The molecule has 0 aromatic heterocycles. The van der Waals surface area contributed by atoms with Crippen LogP contribution < -0.4 is 0 Å². The summed E-state index contributed by atoms with van der Waals surface area (Å²) in [4.78, 5) is 24.6. The number of fused-ring (bicyclic) bond motifs is 2. The van der Waals surface area contributed by atoms with E-state index in [2.05, 4.69) is 0 Å². The fraction of sp³-hybridized carbons (Fsp3) is 0.263. The minimum atomic E-state index is -1.33. The second-order valence-corrected chi connectivity index (χ2v) is 6.34. The van der Waals surface area contributed by atoms with Crippen LogP contribution in [0.5, 0.6) is 11.5 Å². The highest BCUT2D eigenvalue weighted by atomic mass is 16.5. The number of methoxy groups -OCH3 is 1. The summed E-state index contributed by atoms with van der Waals surface area (Å²) >= 11 is 0. The highest BCUT2D eigenvalue weighted by Crippen LogP contribution is 2.48. The summed E-state index contributed by atoms with van der Waals surface area (Å²) in [6.45, 7) is 4.86. The van der Waals surface area contributed by atoms with E-state index >= 15 is 0 Å².